The molecule has 4 aromatic heterocycles. The third kappa shape index (κ3) is 3.34. The predicted octanol–water partition coefficient (Wildman–Crippen LogP) is 5.19. The van der Waals surface area contributed by atoms with Gasteiger partial charge in [-0.1, -0.05) is 17.8 Å². The number of ketones is 1. The predicted molar refractivity (Wildman–Crippen MR) is 110 cm³/mol. The fourth-order valence-corrected chi connectivity index (χ4v) is 5.33. The number of thioether (sulfide) groups is 1. The standard InChI is InChI=1S/C19H17N3OS3/c1-12-8-16(13(2)22(12)9-14-4-3-6-24-14)17(23)10-26-19-15-5-7-25-18(15)20-11-21-19/h3-8,11H,9-10H2,1-2H3. The van der Waals surface area contributed by atoms with E-state index in [0.29, 0.717) is 5.75 Å². The lowest BCUT2D eigenvalue weighted by molar-refractivity contribution is 0.102. The molecule has 0 aliphatic rings. The van der Waals surface area contributed by atoms with Crippen molar-refractivity contribution in [2.75, 3.05) is 5.75 Å². The number of thiophene rings is 2. The minimum absolute atomic E-state index is 0.141. The van der Waals surface area contributed by atoms with Crippen LogP contribution in [-0.2, 0) is 6.54 Å². The smallest absolute Gasteiger partial charge is 0.174 e. The number of carbonyl (C=O) groups is 1. The molecule has 0 fully saturated rings. The van der Waals surface area contributed by atoms with Crippen LogP contribution in [0.15, 0.2) is 46.4 Å². The van der Waals surface area contributed by atoms with Gasteiger partial charge in [0.25, 0.3) is 0 Å². The normalized spacial score (nSPS) is 11.3. The van der Waals surface area contributed by atoms with Crippen molar-refractivity contribution in [1.82, 2.24) is 14.5 Å². The number of hydrogen-bond acceptors (Lipinski definition) is 6. The molecule has 0 atom stereocenters. The van der Waals surface area contributed by atoms with Crippen molar-refractivity contribution in [3.05, 3.63) is 63.2 Å². The van der Waals surface area contributed by atoms with Crippen LogP contribution in [0.1, 0.15) is 26.6 Å². The van der Waals surface area contributed by atoms with E-state index in [1.54, 1.807) is 29.0 Å². The van der Waals surface area contributed by atoms with E-state index in [1.807, 2.05) is 24.4 Å². The first-order valence-corrected chi connectivity index (χ1v) is 10.9. The molecule has 0 aliphatic carbocycles. The lowest BCUT2D eigenvalue weighted by atomic mass is 10.2. The summed E-state index contributed by atoms with van der Waals surface area (Å²) < 4.78 is 2.21. The summed E-state index contributed by atoms with van der Waals surface area (Å²) in [5.74, 6) is 0.521. The number of nitrogens with zero attached hydrogens (tertiary/aromatic N) is 3. The van der Waals surface area contributed by atoms with Crippen molar-refractivity contribution in [2.24, 2.45) is 0 Å². The quantitative estimate of drug-likeness (QED) is 0.254. The summed E-state index contributed by atoms with van der Waals surface area (Å²) in [6.45, 7) is 4.90. The van der Waals surface area contributed by atoms with Crippen LogP contribution in [0.3, 0.4) is 0 Å². The fourth-order valence-electron chi connectivity index (χ4n) is 2.98. The Balaban J connectivity index is 1.52. The van der Waals surface area contributed by atoms with Crippen LogP contribution in [0.25, 0.3) is 10.2 Å². The third-order valence-electron chi connectivity index (χ3n) is 4.33. The monoisotopic (exact) mass is 399 g/mol. The second-order valence-corrected chi connectivity index (χ2v) is 8.87. The maximum absolute atomic E-state index is 12.8. The highest BCUT2D eigenvalue weighted by Crippen LogP contribution is 2.29. The Kier molecular flexibility index (Phi) is 4.93. The van der Waals surface area contributed by atoms with Gasteiger partial charge in [0, 0.05) is 27.2 Å². The molecule has 0 aromatic carbocycles. The van der Waals surface area contributed by atoms with E-state index in [9.17, 15) is 4.79 Å². The fraction of sp³-hybridized carbons (Fsp3) is 0.211. The molecule has 4 nitrogen and oxygen atoms in total. The lowest BCUT2D eigenvalue weighted by Crippen LogP contribution is -2.07. The molecule has 0 spiro atoms. The molecule has 4 aromatic rings. The zero-order valence-electron chi connectivity index (χ0n) is 14.4. The molecular weight excluding hydrogens is 382 g/mol. The summed E-state index contributed by atoms with van der Waals surface area (Å²) in [5, 5.41) is 5.98. The maximum atomic E-state index is 12.8. The highest BCUT2D eigenvalue weighted by Gasteiger charge is 2.17. The summed E-state index contributed by atoms with van der Waals surface area (Å²) in [5.41, 5.74) is 2.96. The molecule has 0 saturated heterocycles. The first-order valence-electron chi connectivity index (χ1n) is 8.17. The number of hydrogen-bond donors (Lipinski definition) is 0. The van der Waals surface area contributed by atoms with Crippen molar-refractivity contribution in [2.45, 2.75) is 25.4 Å². The first-order chi connectivity index (χ1) is 12.6. The summed E-state index contributed by atoms with van der Waals surface area (Å²) >= 11 is 4.81. The van der Waals surface area contributed by atoms with Gasteiger partial charge in [0.05, 0.1) is 12.3 Å². The number of aromatic nitrogens is 3. The van der Waals surface area contributed by atoms with Gasteiger partial charge in [0.1, 0.15) is 16.2 Å². The molecule has 0 unspecified atom stereocenters. The van der Waals surface area contributed by atoms with Crippen molar-refractivity contribution < 1.29 is 4.79 Å². The Morgan fingerprint density at radius 3 is 2.88 bits per heavy atom. The lowest BCUT2D eigenvalue weighted by Gasteiger charge is -2.08. The second kappa shape index (κ2) is 7.34. The molecule has 0 saturated carbocycles. The van der Waals surface area contributed by atoms with Gasteiger partial charge < -0.3 is 4.57 Å². The van der Waals surface area contributed by atoms with Crippen LogP contribution in [0.4, 0.5) is 0 Å². The Bertz CT molecular complexity index is 1060. The van der Waals surface area contributed by atoms with Gasteiger partial charge >= 0.3 is 0 Å². The van der Waals surface area contributed by atoms with Crippen LogP contribution < -0.4 is 0 Å². The van der Waals surface area contributed by atoms with E-state index in [2.05, 4.69) is 39.0 Å². The molecule has 132 valence electrons. The van der Waals surface area contributed by atoms with Gasteiger partial charge in [0.15, 0.2) is 5.78 Å². The largest absolute Gasteiger partial charge is 0.343 e. The van der Waals surface area contributed by atoms with Crippen LogP contribution in [0.5, 0.6) is 0 Å². The number of aryl methyl sites for hydroxylation is 1. The Morgan fingerprint density at radius 2 is 2.08 bits per heavy atom. The summed E-state index contributed by atoms with van der Waals surface area (Å²) in [6, 6.07) is 8.21. The average Bonchev–Trinajstić information content (AvgIpc) is 3.37. The molecule has 0 bridgehead atoms. The second-order valence-electron chi connectivity index (χ2n) is 5.98. The van der Waals surface area contributed by atoms with Crippen molar-refractivity contribution >= 4 is 50.4 Å². The molecule has 0 radical (unpaired) electrons. The number of carbonyl (C=O) groups excluding carboxylic acids is 1. The highest BCUT2D eigenvalue weighted by atomic mass is 32.2. The first kappa shape index (κ1) is 17.5. The minimum Gasteiger partial charge on any atom is -0.343 e. The van der Waals surface area contributed by atoms with Gasteiger partial charge in [-0.15, -0.1) is 22.7 Å². The van der Waals surface area contributed by atoms with Crippen LogP contribution in [0, 0.1) is 13.8 Å². The van der Waals surface area contributed by atoms with Crippen LogP contribution in [0.2, 0.25) is 0 Å². The molecule has 26 heavy (non-hydrogen) atoms. The third-order valence-corrected chi connectivity index (χ3v) is 7.02. The van der Waals surface area contributed by atoms with Gasteiger partial charge in [0.2, 0.25) is 0 Å². The van der Waals surface area contributed by atoms with Gasteiger partial charge in [-0.2, -0.15) is 0 Å². The van der Waals surface area contributed by atoms with Gasteiger partial charge in [-0.3, -0.25) is 4.79 Å². The van der Waals surface area contributed by atoms with E-state index in [4.69, 9.17) is 0 Å². The molecule has 0 N–H and O–H groups in total. The molecule has 4 heterocycles. The number of Topliss-reactive ketones (excluding diaryl/α,β-unsaturated/α-hetero) is 1. The summed E-state index contributed by atoms with van der Waals surface area (Å²) in [4.78, 5) is 23.7. The van der Waals surface area contributed by atoms with Crippen LogP contribution in [-0.4, -0.2) is 26.1 Å². The van der Waals surface area contributed by atoms with Crippen molar-refractivity contribution in [3.63, 3.8) is 0 Å². The van der Waals surface area contributed by atoms with E-state index < -0.39 is 0 Å². The number of fused-ring (bicyclic) bond motifs is 1. The minimum atomic E-state index is 0.141. The van der Waals surface area contributed by atoms with Gasteiger partial charge in [-0.05, 0) is 42.8 Å². The molecule has 0 aliphatic heterocycles. The Hall–Kier alpha value is -1.96. The van der Waals surface area contributed by atoms with Crippen molar-refractivity contribution in [3.8, 4) is 0 Å². The zero-order chi connectivity index (χ0) is 18.1. The SMILES string of the molecule is Cc1cc(C(=O)CSc2ncnc3sccc23)c(C)n1Cc1cccs1. The van der Waals surface area contributed by atoms with E-state index in [1.165, 1.54) is 16.6 Å². The molecule has 0 amide bonds. The average molecular weight is 400 g/mol. The van der Waals surface area contributed by atoms with Crippen molar-refractivity contribution in [1.29, 1.82) is 0 Å². The number of rotatable bonds is 6. The van der Waals surface area contributed by atoms with E-state index >= 15 is 0 Å². The maximum Gasteiger partial charge on any atom is 0.174 e. The molecule has 4 rings (SSSR count). The Morgan fingerprint density at radius 1 is 1.19 bits per heavy atom. The summed E-state index contributed by atoms with van der Waals surface area (Å²) in [7, 11) is 0. The van der Waals surface area contributed by atoms with Gasteiger partial charge in [-0.25, -0.2) is 9.97 Å². The van der Waals surface area contributed by atoms with E-state index in [-0.39, 0.29) is 5.78 Å². The summed E-state index contributed by atoms with van der Waals surface area (Å²) in [6.07, 6.45) is 1.57. The molecule has 7 heteroatoms. The zero-order valence-corrected chi connectivity index (χ0v) is 16.9. The van der Waals surface area contributed by atoms with E-state index in [0.717, 1.165) is 38.7 Å². The van der Waals surface area contributed by atoms with Crippen LogP contribution >= 0.6 is 34.4 Å². The highest BCUT2D eigenvalue weighted by molar-refractivity contribution is 8.00. The molecular formula is C19H17N3OS3. The Labute approximate surface area is 163 Å². The topological polar surface area (TPSA) is 47.8 Å².